The van der Waals surface area contributed by atoms with Crippen molar-refractivity contribution in [2.24, 2.45) is 0 Å². The number of hydrogen-bond acceptors (Lipinski definition) is 6. The molecular weight excluding hydrogens is 591 g/mol. The number of ether oxygens (including phenoxy) is 2. The minimum Gasteiger partial charge on any atom is -0.462 e. The first-order chi connectivity index (χ1) is 21.8. The molecule has 2 N–H and O–H groups in total. The van der Waals surface area contributed by atoms with Gasteiger partial charge in [-0.05, 0) is 38.5 Å². The number of hydrogen-bond donors (Lipinski definition) is 2. The topological polar surface area (TPSA) is 119 Å². The number of carbonyl (C=O) groups excluding carboxylic acids is 2. The molecule has 45 heavy (non-hydrogen) atoms. The summed E-state index contributed by atoms with van der Waals surface area (Å²) in [7, 11) is -4.74. The normalized spacial score (nSPS) is 12.5. The molecule has 0 aromatic rings. The highest BCUT2D eigenvalue weighted by molar-refractivity contribution is 7.46. The molecule has 9 heteroatoms. The first kappa shape index (κ1) is 43.8. The predicted molar refractivity (Wildman–Crippen MR) is 184 cm³/mol. The second-order valence-corrected chi connectivity index (χ2v) is 13.8. The Kier molecular flexibility index (Phi) is 31.8. The zero-order valence-electron chi connectivity index (χ0n) is 29.0. The molecule has 1 atom stereocenters. The van der Waals surface area contributed by atoms with Crippen molar-refractivity contribution in [1.82, 2.24) is 0 Å². The molecule has 0 bridgehead atoms. The van der Waals surface area contributed by atoms with Crippen LogP contribution in [0.5, 0.6) is 0 Å². The van der Waals surface area contributed by atoms with Crippen molar-refractivity contribution in [3.8, 4) is 0 Å². The summed E-state index contributed by atoms with van der Waals surface area (Å²) in [6, 6.07) is 0. The Morgan fingerprint density at radius 1 is 0.556 bits per heavy atom. The molecule has 0 fully saturated rings. The van der Waals surface area contributed by atoms with E-state index in [9.17, 15) is 14.2 Å². The summed E-state index contributed by atoms with van der Waals surface area (Å²) < 4.78 is 26.3. The molecule has 0 aliphatic rings. The fourth-order valence-corrected chi connectivity index (χ4v) is 5.61. The van der Waals surface area contributed by atoms with Gasteiger partial charge in [-0.1, -0.05) is 148 Å². The van der Waals surface area contributed by atoms with E-state index in [2.05, 4.69) is 30.5 Å². The monoisotopic (exact) mass is 660 g/mol. The highest BCUT2D eigenvalue weighted by Gasteiger charge is 2.22. The molecule has 8 nitrogen and oxygen atoms in total. The molecular formula is C36H69O8P. The maximum atomic E-state index is 12.3. The molecule has 0 unspecified atom stereocenters. The fraction of sp³-hybridized carbons (Fsp3) is 0.889. The van der Waals surface area contributed by atoms with E-state index in [4.69, 9.17) is 19.3 Å². The van der Waals surface area contributed by atoms with Crippen LogP contribution in [0.25, 0.3) is 0 Å². The van der Waals surface area contributed by atoms with Gasteiger partial charge < -0.3 is 19.3 Å². The molecule has 0 aromatic heterocycles. The average molecular weight is 661 g/mol. The molecule has 0 rings (SSSR count). The predicted octanol–water partition coefficient (Wildman–Crippen LogP) is 10.7. The van der Waals surface area contributed by atoms with Crippen LogP contribution in [-0.4, -0.2) is 41.0 Å². The quantitative estimate of drug-likeness (QED) is 0.0303. The number of phosphoric ester groups is 1. The van der Waals surface area contributed by atoms with Crippen molar-refractivity contribution in [2.75, 3.05) is 13.2 Å². The standard InChI is InChI=1S/C36H69O8P/c1-3-5-7-9-11-13-15-17-18-19-21-23-25-27-29-31-36(38)44-34(33-43-45(39,40)41)32-42-35(37)30-28-26-24-22-20-16-14-12-10-8-6-4-2/h17-18,34H,3-16,19-33H2,1-2H3,(H2,39,40,41)/b18-17-/t34-/m1/s1. The van der Waals surface area contributed by atoms with E-state index in [0.29, 0.717) is 6.42 Å². The maximum Gasteiger partial charge on any atom is 0.469 e. The Hall–Kier alpha value is -1.21. The molecule has 0 saturated carbocycles. The third kappa shape index (κ3) is 35.5. The Morgan fingerprint density at radius 3 is 1.36 bits per heavy atom. The van der Waals surface area contributed by atoms with Crippen molar-refractivity contribution in [2.45, 2.75) is 193 Å². The number of phosphoric acid groups is 1. The molecule has 0 aromatic carbocycles. The van der Waals surface area contributed by atoms with E-state index in [1.54, 1.807) is 0 Å². The minimum absolute atomic E-state index is 0.206. The van der Waals surface area contributed by atoms with E-state index < -0.39 is 32.5 Å². The molecule has 266 valence electrons. The lowest BCUT2D eigenvalue weighted by atomic mass is 10.0. The van der Waals surface area contributed by atoms with Crippen molar-refractivity contribution in [3.63, 3.8) is 0 Å². The van der Waals surface area contributed by atoms with Gasteiger partial charge in [-0.2, -0.15) is 0 Å². The summed E-state index contributed by atoms with van der Waals surface area (Å²) in [5.41, 5.74) is 0. The van der Waals surface area contributed by atoms with Gasteiger partial charge in [0.25, 0.3) is 0 Å². The van der Waals surface area contributed by atoms with Crippen molar-refractivity contribution < 1.29 is 37.9 Å². The van der Waals surface area contributed by atoms with Crippen LogP contribution in [0.4, 0.5) is 0 Å². The third-order valence-corrected chi connectivity index (χ3v) is 8.52. The summed E-state index contributed by atoms with van der Waals surface area (Å²) in [5, 5.41) is 0. The second kappa shape index (κ2) is 32.7. The highest BCUT2D eigenvalue weighted by atomic mass is 31.2. The number of carbonyl (C=O) groups is 2. The van der Waals surface area contributed by atoms with Crippen LogP contribution in [0, 0.1) is 0 Å². The van der Waals surface area contributed by atoms with Gasteiger partial charge in [0.15, 0.2) is 6.10 Å². The summed E-state index contributed by atoms with van der Waals surface area (Å²) in [6.07, 6.45) is 33.6. The van der Waals surface area contributed by atoms with E-state index >= 15 is 0 Å². The smallest absolute Gasteiger partial charge is 0.462 e. The van der Waals surface area contributed by atoms with Crippen molar-refractivity contribution in [1.29, 1.82) is 0 Å². The van der Waals surface area contributed by atoms with Gasteiger partial charge in [0.2, 0.25) is 0 Å². The van der Waals surface area contributed by atoms with Crippen LogP contribution in [0.2, 0.25) is 0 Å². The summed E-state index contributed by atoms with van der Waals surface area (Å²) in [5.74, 6) is -0.888. The van der Waals surface area contributed by atoms with Crippen LogP contribution in [0.3, 0.4) is 0 Å². The lowest BCUT2D eigenvalue weighted by molar-refractivity contribution is -0.161. The molecule has 0 saturated heterocycles. The Morgan fingerprint density at radius 2 is 0.933 bits per heavy atom. The summed E-state index contributed by atoms with van der Waals surface area (Å²) in [6.45, 7) is 3.66. The third-order valence-electron chi connectivity index (χ3n) is 8.03. The molecule has 0 radical (unpaired) electrons. The Bertz CT molecular complexity index is 751. The van der Waals surface area contributed by atoms with Gasteiger partial charge in [0.1, 0.15) is 6.61 Å². The largest absolute Gasteiger partial charge is 0.469 e. The van der Waals surface area contributed by atoms with Crippen molar-refractivity contribution in [3.05, 3.63) is 12.2 Å². The molecule has 0 amide bonds. The summed E-state index contributed by atoms with van der Waals surface area (Å²) in [4.78, 5) is 42.6. The fourth-order valence-electron chi connectivity index (χ4n) is 5.25. The zero-order valence-corrected chi connectivity index (χ0v) is 29.9. The first-order valence-electron chi connectivity index (χ1n) is 18.5. The van der Waals surface area contributed by atoms with Gasteiger partial charge in [0.05, 0.1) is 6.61 Å². The van der Waals surface area contributed by atoms with Crippen LogP contribution in [-0.2, 0) is 28.2 Å². The number of unbranched alkanes of at least 4 members (excludes halogenated alkanes) is 22. The van der Waals surface area contributed by atoms with Crippen LogP contribution in [0.15, 0.2) is 12.2 Å². The van der Waals surface area contributed by atoms with Gasteiger partial charge in [-0.3, -0.25) is 14.1 Å². The number of rotatable bonds is 34. The number of allylic oxidation sites excluding steroid dienone is 2. The van der Waals surface area contributed by atoms with Gasteiger partial charge in [-0.25, -0.2) is 4.57 Å². The van der Waals surface area contributed by atoms with E-state index in [-0.39, 0.29) is 19.4 Å². The first-order valence-corrected chi connectivity index (χ1v) is 20.0. The van der Waals surface area contributed by atoms with Gasteiger partial charge in [0, 0.05) is 12.8 Å². The van der Waals surface area contributed by atoms with E-state index in [1.165, 1.54) is 103 Å². The van der Waals surface area contributed by atoms with Crippen LogP contribution in [0.1, 0.15) is 187 Å². The van der Waals surface area contributed by atoms with Crippen LogP contribution >= 0.6 is 7.82 Å². The molecule has 0 aliphatic carbocycles. The lowest BCUT2D eigenvalue weighted by Crippen LogP contribution is -2.29. The Labute approximate surface area is 276 Å². The number of esters is 2. The summed E-state index contributed by atoms with van der Waals surface area (Å²) >= 11 is 0. The molecule has 0 spiro atoms. The minimum atomic E-state index is -4.74. The van der Waals surface area contributed by atoms with Crippen molar-refractivity contribution >= 4 is 19.8 Å². The SMILES string of the molecule is CCCCCCCC/C=C\CCCCCCCC(=O)O[C@H](COC(=O)CCCCCCCCCCCCCC)COP(=O)(O)O. The lowest BCUT2D eigenvalue weighted by Gasteiger charge is -2.18. The van der Waals surface area contributed by atoms with E-state index in [1.807, 2.05) is 0 Å². The van der Waals surface area contributed by atoms with Crippen LogP contribution < -0.4 is 0 Å². The Balaban J connectivity index is 3.97. The zero-order chi connectivity index (χ0) is 33.3. The maximum absolute atomic E-state index is 12.3. The second-order valence-electron chi connectivity index (χ2n) is 12.6. The molecule has 0 heterocycles. The van der Waals surface area contributed by atoms with Gasteiger partial charge in [-0.15, -0.1) is 0 Å². The highest BCUT2D eigenvalue weighted by Crippen LogP contribution is 2.36. The van der Waals surface area contributed by atoms with Gasteiger partial charge >= 0.3 is 19.8 Å². The van der Waals surface area contributed by atoms with E-state index in [0.717, 1.165) is 51.4 Å². The average Bonchev–Trinajstić information content (AvgIpc) is 3.00. The molecule has 0 aliphatic heterocycles.